The third kappa shape index (κ3) is 3.29. The molecule has 1 saturated heterocycles. The normalized spacial score (nSPS) is 16.9. The van der Waals surface area contributed by atoms with Crippen LogP contribution in [0.5, 0.6) is 0 Å². The number of rotatable bonds is 3. The average Bonchev–Trinajstić information content (AvgIpc) is 2.38. The van der Waals surface area contributed by atoms with E-state index in [-0.39, 0.29) is 5.91 Å². The van der Waals surface area contributed by atoms with Gasteiger partial charge < -0.3 is 10.2 Å². The Morgan fingerprint density at radius 2 is 2.22 bits per heavy atom. The van der Waals surface area contributed by atoms with Crippen molar-refractivity contribution in [2.75, 3.05) is 13.1 Å². The summed E-state index contributed by atoms with van der Waals surface area (Å²) >= 11 is 0. The second kappa shape index (κ2) is 5.96. The Hall–Kier alpha value is -1.42. The number of likely N-dealkylation sites (tertiary alicyclic amines) is 1. The molecule has 0 unspecified atom stereocenters. The topological polar surface area (TPSA) is 45.2 Å². The van der Waals surface area contributed by atoms with Crippen LogP contribution in [0.4, 0.5) is 0 Å². The minimum absolute atomic E-state index is 0.193. The molecule has 1 aromatic rings. The van der Waals surface area contributed by atoms with Gasteiger partial charge in [0, 0.05) is 45.0 Å². The van der Waals surface area contributed by atoms with Crippen molar-refractivity contribution < 1.29 is 4.79 Å². The Morgan fingerprint density at radius 3 is 2.83 bits per heavy atom. The number of amides is 1. The van der Waals surface area contributed by atoms with E-state index in [0.29, 0.717) is 6.04 Å². The molecule has 1 amide bonds. The number of carbonyl (C=O) groups excluding carboxylic acids is 1. The number of piperidine rings is 1. The molecule has 1 aliphatic rings. The molecule has 1 fully saturated rings. The molecule has 2 heterocycles. The van der Waals surface area contributed by atoms with Crippen LogP contribution in [0.25, 0.3) is 0 Å². The van der Waals surface area contributed by atoms with Crippen molar-refractivity contribution in [3.05, 3.63) is 29.6 Å². The molecule has 0 bridgehead atoms. The zero-order chi connectivity index (χ0) is 13.0. The number of carbonyl (C=O) groups is 1. The molecule has 0 radical (unpaired) electrons. The van der Waals surface area contributed by atoms with Gasteiger partial charge in [0.2, 0.25) is 5.91 Å². The average molecular weight is 247 g/mol. The quantitative estimate of drug-likeness (QED) is 0.880. The van der Waals surface area contributed by atoms with Gasteiger partial charge in [0.05, 0.1) is 0 Å². The van der Waals surface area contributed by atoms with E-state index in [1.54, 1.807) is 6.92 Å². The van der Waals surface area contributed by atoms with Gasteiger partial charge in [-0.05, 0) is 37.0 Å². The summed E-state index contributed by atoms with van der Waals surface area (Å²) in [4.78, 5) is 17.3. The number of hydrogen-bond donors (Lipinski definition) is 1. The van der Waals surface area contributed by atoms with E-state index in [2.05, 4.69) is 23.3 Å². The Bertz CT molecular complexity index is 411. The molecule has 0 aliphatic carbocycles. The van der Waals surface area contributed by atoms with Crippen molar-refractivity contribution >= 4 is 5.91 Å². The molecular weight excluding hydrogens is 226 g/mol. The summed E-state index contributed by atoms with van der Waals surface area (Å²) in [5.41, 5.74) is 2.53. The van der Waals surface area contributed by atoms with Gasteiger partial charge >= 0.3 is 0 Å². The third-order valence-electron chi connectivity index (χ3n) is 3.66. The summed E-state index contributed by atoms with van der Waals surface area (Å²) < 4.78 is 0. The number of hydrogen-bond acceptors (Lipinski definition) is 3. The van der Waals surface area contributed by atoms with E-state index in [1.165, 1.54) is 11.1 Å². The predicted octanol–water partition coefficient (Wildman–Crippen LogP) is 1.49. The molecule has 98 valence electrons. The number of pyridine rings is 1. The van der Waals surface area contributed by atoms with Crippen LogP contribution in [0.15, 0.2) is 18.5 Å². The van der Waals surface area contributed by atoms with Gasteiger partial charge in [0.15, 0.2) is 0 Å². The molecular formula is C14H21N3O. The molecule has 0 spiro atoms. The standard InChI is InChI=1S/C14H21N3O/c1-11-9-15-6-3-13(11)10-16-14-4-7-17(8-5-14)12(2)18/h3,6,9,14,16H,4-5,7-8,10H2,1-2H3. The van der Waals surface area contributed by atoms with Crippen LogP contribution in [0.1, 0.15) is 30.9 Å². The van der Waals surface area contributed by atoms with Gasteiger partial charge in [-0.2, -0.15) is 0 Å². The van der Waals surface area contributed by atoms with Crippen LogP contribution in [0, 0.1) is 6.92 Å². The SMILES string of the molecule is CC(=O)N1CCC(NCc2ccncc2C)CC1. The molecule has 18 heavy (non-hydrogen) atoms. The summed E-state index contributed by atoms with van der Waals surface area (Å²) in [6, 6.07) is 2.58. The van der Waals surface area contributed by atoms with Gasteiger partial charge in [0.25, 0.3) is 0 Å². The van der Waals surface area contributed by atoms with E-state index < -0.39 is 0 Å². The maximum Gasteiger partial charge on any atom is 0.219 e. The van der Waals surface area contributed by atoms with Gasteiger partial charge in [-0.25, -0.2) is 0 Å². The molecule has 1 N–H and O–H groups in total. The maximum atomic E-state index is 11.2. The number of aryl methyl sites for hydroxylation is 1. The lowest BCUT2D eigenvalue weighted by atomic mass is 10.0. The van der Waals surface area contributed by atoms with E-state index in [9.17, 15) is 4.79 Å². The lowest BCUT2D eigenvalue weighted by molar-refractivity contribution is -0.129. The third-order valence-corrected chi connectivity index (χ3v) is 3.66. The maximum absolute atomic E-state index is 11.2. The van der Waals surface area contributed by atoms with Crippen molar-refractivity contribution in [3.8, 4) is 0 Å². The van der Waals surface area contributed by atoms with Gasteiger partial charge in [-0.1, -0.05) is 0 Å². The van der Waals surface area contributed by atoms with Crippen molar-refractivity contribution in [1.82, 2.24) is 15.2 Å². The summed E-state index contributed by atoms with van der Waals surface area (Å²) in [7, 11) is 0. The summed E-state index contributed by atoms with van der Waals surface area (Å²) in [5.74, 6) is 0.193. The Balaban J connectivity index is 1.79. The highest BCUT2D eigenvalue weighted by Gasteiger charge is 2.20. The zero-order valence-corrected chi connectivity index (χ0v) is 11.1. The first kappa shape index (κ1) is 13.0. The van der Waals surface area contributed by atoms with Crippen LogP contribution >= 0.6 is 0 Å². The molecule has 0 aromatic carbocycles. The van der Waals surface area contributed by atoms with E-state index in [4.69, 9.17) is 0 Å². The largest absolute Gasteiger partial charge is 0.343 e. The van der Waals surface area contributed by atoms with Crippen LogP contribution in [-0.4, -0.2) is 34.9 Å². The highest BCUT2D eigenvalue weighted by molar-refractivity contribution is 5.73. The fourth-order valence-corrected chi connectivity index (χ4v) is 2.35. The molecule has 4 heteroatoms. The smallest absolute Gasteiger partial charge is 0.219 e. The predicted molar refractivity (Wildman–Crippen MR) is 71.1 cm³/mol. The van der Waals surface area contributed by atoms with Crippen molar-refractivity contribution in [3.63, 3.8) is 0 Å². The van der Waals surface area contributed by atoms with Crippen LogP contribution in [0.2, 0.25) is 0 Å². The summed E-state index contributed by atoms with van der Waals surface area (Å²) in [5, 5.41) is 3.57. The first-order valence-corrected chi connectivity index (χ1v) is 6.55. The molecule has 1 aliphatic heterocycles. The molecule has 1 aromatic heterocycles. The van der Waals surface area contributed by atoms with E-state index >= 15 is 0 Å². The van der Waals surface area contributed by atoms with E-state index in [1.807, 2.05) is 17.3 Å². The van der Waals surface area contributed by atoms with Crippen LogP contribution in [0.3, 0.4) is 0 Å². The monoisotopic (exact) mass is 247 g/mol. The highest BCUT2D eigenvalue weighted by Crippen LogP contribution is 2.12. The molecule has 0 atom stereocenters. The minimum Gasteiger partial charge on any atom is -0.343 e. The summed E-state index contributed by atoms with van der Waals surface area (Å²) in [6.07, 6.45) is 5.82. The lowest BCUT2D eigenvalue weighted by Crippen LogP contribution is -2.44. The summed E-state index contributed by atoms with van der Waals surface area (Å²) in [6.45, 7) is 6.38. The minimum atomic E-state index is 0.193. The van der Waals surface area contributed by atoms with Crippen molar-refractivity contribution in [1.29, 1.82) is 0 Å². The fourth-order valence-electron chi connectivity index (χ4n) is 2.35. The van der Waals surface area contributed by atoms with Crippen molar-refractivity contribution in [2.45, 2.75) is 39.3 Å². The fraction of sp³-hybridized carbons (Fsp3) is 0.571. The zero-order valence-electron chi connectivity index (χ0n) is 11.1. The number of nitrogens with one attached hydrogen (secondary N) is 1. The second-order valence-electron chi connectivity index (χ2n) is 4.96. The first-order chi connectivity index (χ1) is 8.66. The van der Waals surface area contributed by atoms with Gasteiger partial charge in [0.1, 0.15) is 0 Å². The van der Waals surface area contributed by atoms with Crippen molar-refractivity contribution in [2.24, 2.45) is 0 Å². The molecule has 2 rings (SSSR count). The number of nitrogens with zero attached hydrogens (tertiary/aromatic N) is 2. The van der Waals surface area contributed by atoms with E-state index in [0.717, 1.165) is 32.5 Å². The Morgan fingerprint density at radius 1 is 1.50 bits per heavy atom. The Labute approximate surface area is 108 Å². The molecule has 4 nitrogen and oxygen atoms in total. The van der Waals surface area contributed by atoms with Gasteiger partial charge in [-0.15, -0.1) is 0 Å². The lowest BCUT2D eigenvalue weighted by Gasteiger charge is -2.31. The van der Waals surface area contributed by atoms with Crippen LogP contribution < -0.4 is 5.32 Å². The molecule has 0 saturated carbocycles. The van der Waals surface area contributed by atoms with Gasteiger partial charge in [-0.3, -0.25) is 9.78 Å². The van der Waals surface area contributed by atoms with Crippen LogP contribution in [-0.2, 0) is 11.3 Å². The number of aromatic nitrogens is 1. The highest BCUT2D eigenvalue weighted by atomic mass is 16.2. The Kier molecular flexibility index (Phi) is 4.31. The first-order valence-electron chi connectivity index (χ1n) is 6.55. The second-order valence-corrected chi connectivity index (χ2v) is 4.96.